The molecular formula is C22H29N3O. The Hall–Kier alpha value is -2.20. The van der Waals surface area contributed by atoms with Crippen molar-refractivity contribution in [1.82, 2.24) is 9.88 Å². The normalized spacial score (nSPS) is 15.9. The Morgan fingerprint density at radius 1 is 1.15 bits per heavy atom. The van der Waals surface area contributed by atoms with Crippen LogP contribution in [0, 0.1) is 20.8 Å². The van der Waals surface area contributed by atoms with E-state index in [2.05, 4.69) is 31.8 Å². The second kappa shape index (κ2) is 7.20. The van der Waals surface area contributed by atoms with Crippen LogP contribution < -0.4 is 5.73 Å². The van der Waals surface area contributed by atoms with Gasteiger partial charge in [-0.2, -0.15) is 0 Å². The predicted octanol–water partition coefficient (Wildman–Crippen LogP) is 3.70. The third kappa shape index (κ3) is 4.13. The van der Waals surface area contributed by atoms with Crippen LogP contribution in [0.1, 0.15) is 58.2 Å². The fourth-order valence-electron chi connectivity index (χ4n) is 3.50. The van der Waals surface area contributed by atoms with Gasteiger partial charge in [0.05, 0.1) is 0 Å². The van der Waals surface area contributed by atoms with Crippen LogP contribution in [-0.2, 0) is 13.0 Å². The number of hydrogen-bond donors (Lipinski definition) is 1. The van der Waals surface area contributed by atoms with Crippen LogP contribution in [0.2, 0.25) is 0 Å². The molecule has 0 radical (unpaired) electrons. The van der Waals surface area contributed by atoms with Crippen LogP contribution in [0.3, 0.4) is 0 Å². The number of carbonyl (C=O) groups is 1. The number of fused-ring (bicyclic) bond motifs is 1. The number of aryl methyl sites for hydroxylation is 4. The van der Waals surface area contributed by atoms with Crippen molar-refractivity contribution in [2.75, 3.05) is 6.54 Å². The molecule has 0 saturated carbocycles. The number of hydrogen-bond acceptors (Lipinski definition) is 3. The van der Waals surface area contributed by atoms with Gasteiger partial charge in [0.15, 0.2) is 0 Å². The molecule has 4 nitrogen and oxygen atoms in total. The fraction of sp³-hybridized carbons (Fsp3) is 0.455. The first-order chi connectivity index (χ1) is 12.2. The summed E-state index contributed by atoms with van der Waals surface area (Å²) in [6.07, 6.45) is 2.51. The summed E-state index contributed by atoms with van der Waals surface area (Å²) in [6, 6.07) is 10.3. The average molecular weight is 351 g/mol. The molecule has 0 bridgehead atoms. The first kappa shape index (κ1) is 18.6. The minimum absolute atomic E-state index is 0.138. The fourth-order valence-corrected chi connectivity index (χ4v) is 3.50. The molecule has 1 aromatic carbocycles. The minimum Gasteiger partial charge on any atom is -0.334 e. The summed E-state index contributed by atoms with van der Waals surface area (Å²) in [6.45, 7) is 9.63. The van der Waals surface area contributed by atoms with E-state index in [-0.39, 0.29) is 11.4 Å². The van der Waals surface area contributed by atoms with Crippen molar-refractivity contribution in [1.29, 1.82) is 0 Å². The number of nitrogens with zero attached hydrogens (tertiary/aromatic N) is 2. The van der Waals surface area contributed by atoms with E-state index in [0.29, 0.717) is 13.1 Å². The molecule has 4 heteroatoms. The first-order valence-corrected chi connectivity index (χ1v) is 9.36. The van der Waals surface area contributed by atoms with Crippen molar-refractivity contribution < 1.29 is 4.79 Å². The highest BCUT2D eigenvalue weighted by Crippen LogP contribution is 2.27. The molecule has 2 aromatic rings. The van der Waals surface area contributed by atoms with Crippen LogP contribution in [0.4, 0.5) is 0 Å². The minimum atomic E-state index is -0.313. The summed E-state index contributed by atoms with van der Waals surface area (Å²) in [5.41, 5.74) is 12.7. The summed E-state index contributed by atoms with van der Waals surface area (Å²) in [5, 5.41) is 0. The smallest absolute Gasteiger partial charge is 0.254 e. The number of rotatable bonds is 6. The van der Waals surface area contributed by atoms with Gasteiger partial charge in [0.25, 0.3) is 5.91 Å². The number of carbonyl (C=O) groups excluding carboxylic acids is 1. The summed E-state index contributed by atoms with van der Waals surface area (Å²) >= 11 is 0. The van der Waals surface area contributed by atoms with Crippen molar-refractivity contribution in [3.05, 3.63) is 64.0 Å². The zero-order chi connectivity index (χ0) is 18.9. The summed E-state index contributed by atoms with van der Waals surface area (Å²) < 4.78 is 0. The lowest BCUT2D eigenvalue weighted by Crippen LogP contribution is -2.41. The Bertz CT molecular complexity index is 826. The van der Waals surface area contributed by atoms with Crippen molar-refractivity contribution >= 4 is 5.91 Å². The number of amides is 1. The third-order valence-electron chi connectivity index (χ3n) is 5.45. The van der Waals surface area contributed by atoms with Crippen LogP contribution in [0.15, 0.2) is 30.3 Å². The number of benzene rings is 1. The van der Waals surface area contributed by atoms with Crippen molar-refractivity contribution in [3.8, 4) is 0 Å². The molecule has 2 heterocycles. The molecule has 0 saturated heterocycles. The lowest BCUT2D eigenvalue weighted by molar-refractivity contribution is 0.0766. The van der Waals surface area contributed by atoms with E-state index in [0.717, 1.165) is 41.8 Å². The maximum atomic E-state index is 12.7. The van der Waals surface area contributed by atoms with E-state index >= 15 is 0 Å². The molecule has 3 rings (SSSR count). The Kier molecular flexibility index (Phi) is 5.15. The van der Waals surface area contributed by atoms with E-state index in [1.165, 1.54) is 11.1 Å². The van der Waals surface area contributed by atoms with Crippen LogP contribution in [0.25, 0.3) is 0 Å². The highest BCUT2D eigenvalue weighted by molar-refractivity contribution is 5.98. The Labute approximate surface area is 156 Å². The molecule has 1 atom stereocenters. The third-order valence-corrected chi connectivity index (χ3v) is 5.45. The topological polar surface area (TPSA) is 59.2 Å². The SMILES string of the molecule is Cc1cccc(CCC(C)(N)CCN2Cc3cc(C)c(C)cc3C2=O)n1. The van der Waals surface area contributed by atoms with Gasteiger partial charge in [0.1, 0.15) is 0 Å². The summed E-state index contributed by atoms with van der Waals surface area (Å²) in [4.78, 5) is 19.1. The highest BCUT2D eigenvalue weighted by atomic mass is 16.2. The van der Waals surface area contributed by atoms with Crippen molar-refractivity contribution in [3.63, 3.8) is 0 Å². The zero-order valence-electron chi connectivity index (χ0n) is 16.3. The van der Waals surface area contributed by atoms with Gasteiger partial charge in [0.2, 0.25) is 0 Å². The molecule has 138 valence electrons. The Morgan fingerprint density at radius 3 is 2.62 bits per heavy atom. The van der Waals surface area contributed by atoms with E-state index in [9.17, 15) is 4.79 Å². The summed E-state index contributed by atoms with van der Waals surface area (Å²) in [7, 11) is 0. The molecule has 1 unspecified atom stereocenters. The van der Waals surface area contributed by atoms with Crippen molar-refractivity contribution in [2.45, 2.75) is 59.0 Å². The van der Waals surface area contributed by atoms with Gasteiger partial charge in [0, 0.05) is 35.6 Å². The Morgan fingerprint density at radius 2 is 1.88 bits per heavy atom. The standard InChI is InChI=1S/C22H29N3O/c1-15-12-18-14-25(21(26)20(18)13-16(15)2)11-10-22(4,23)9-8-19-7-5-6-17(3)24-19/h5-7,12-13H,8-11,14,23H2,1-4H3. The molecule has 0 aliphatic carbocycles. The maximum absolute atomic E-state index is 12.7. The number of nitrogens with two attached hydrogens (primary N) is 1. The van der Waals surface area contributed by atoms with Gasteiger partial charge in [-0.05, 0) is 81.8 Å². The van der Waals surface area contributed by atoms with E-state index in [4.69, 9.17) is 5.73 Å². The van der Waals surface area contributed by atoms with E-state index in [1.54, 1.807) is 0 Å². The van der Waals surface area contributed by atoms with Gasteiger partial charge in [-0.3, -0.25) is 9.78 Å². The highest BCUT2D eigenvalue weighted by Gasteiger charge is 2.29. The molecular weight excluding hydrogens is 322 g/mol. The largest absolute Gasteiger partial charge is 0.334 e. The molecule has 2 N–H and O–H groups in total. The quantitative estimate of drug-likeness (QED) is 0.863. The van der Waals surface area contributed by atoms with Gasteiger partial charge in [-0.15, -0.1) is 0 Å². The molecule has 1 aromatic heterocycles. The lowest BCUT2D eigenvalue weighted by Gasteiger charge is -2.27. The molecule has 1 amide bonds. The van der Waals surface area contributed by atoms with Crippen molar-refractivity contribution in [2.24, 2.45) is 5.73 Å². The molecule has 0 fully saturated rings. The van der Waals surface area contributed by atoms with Crippen LogP contribution >= 0.6 is 0 Å². The van der Waals surface area contributed by atoms with Gasteiger partial charge in [-0.1, -0.05) is 12.1 Å². The van der Waals surface area contributed by atoms with E-state index < -0.39 is 0 Å². The van der Waals surface area contributed by atoms with Gasteiger partial charge in [-0.25, -0.2) is 0 Å². The molecule has 1 aliphatic heterocycles. The second-order valence-corrected chi connectivity index (χ2v) is 7.99. The molecule has 1 aliphatic rings. The predicted molar refractivity (Wildman–Crippen MR) is 105 cm³/mol. The summed E-state index contributed by atoms with van der Waals surface area (Å²) in [5.74, 6) is 0.138. The molecule has 0 spiro atoms. The van der Waals surface area contributed by atoms with Crippen LogP contribution in [-0.4, -0.2) is 27.9 Å². The average Bonchev–Trinajstić information content (AvgIpc) is 2.88. The van der Waals surface area contributed by atoms with Gasteiger partial charge >= 0.3 is 0 Å². The van der Waals surface area contributed by atoms with Crippen LogP contribution in [0.5, 0.6) is 0 Å². The number of pyridine rings is 1. The lowest BCUT2D eigenvalue weighted by atomic mass is 9.92. The Balaban J connectivity index is 1.57. The first-order valence-electron chi connectivity index (χ1n) is 9.36. The second-order valence-electron chi connectivity index (χ2n) is 7.99. The molecule has 26 heavy (non-hydrogen) atoms. The van der Waals surface area contributed by atoms with E-state index in [1.807, 2.05) is 36.1 Å². The number of aromatic nitrogens is 1. The zero-order valence-corrected chi connectivity index (χ0v) is 16.3. The monoisotopic (exact) mass is 351 g/mol. The maximum Gasteiger partial charge on any atom is 0.254 e. The van der Waals surface area contributed by atoms with Gasteiger partial charge < -0.3 is 10.6 Å².